The van der Waals surface area contributed by atoms with Crippen molar-refractivity contribution in [2.45, 2.75) is 31.3 Å². The molecule has 16 heavy (non-hydrogen) atoms. The van der Waals surface area contributed by atoms with Crippen LogP contribution in [0, 0.1) is 0 Å². The van der Waals surface area contributed by atoms with E-state index in [9.17, 15) is 5.11 Å². The van der Waals surface area contributed by atoms with Gasteiger partial charge in [-0.25, -0.2) is 0 Å². The van der Waals surface area contributed by atoms with E-state index in [0.717, 1.165) is 25.7 Å². The first-order valence-electron chi connectivity index (χ1n) is 5.21. The van der Waals surface area contributed by atoms with Crippen LogP contribution in [0.15, 0.2) is 0 Å². The monoisotopic (exact) mass is 243 g/mol. The lowest BCUT2D eigenvalue weighted by Crippen LogP contribution is -2.34. The van der Waals surface area contributed by atoms with Crippen LogP contribution in [0.4, 0.5) is 11.9 Å². The van der Waals surface area contributed by atoms with Crippen molar-refractivity contribution in [1.82, 2.24) is 15.0 Å². The molecular weight excluding hydrogens is 230 g/mol. The van der Waals surface area contributed by atoms with E-state index in [2.05, 4.69) is 20.3 Å². The number of nitrogens with one attached hydrogen (secondary N) is 1. The zero-order valence-corrected chi connectivity index (χ0v) is 9.54. The molecule has 4 N–H and O–H groups in total. The molecule has 0 amide bonds. The Balaban J connectivity index is 1.98. The van der Waals surface area contributed by atoms with Crippen molar-refractivity contribution in [2.75, 3.05) is 17.6 Å². The first-order valence-corrected chi connectivity index (χ1v) is 5.59. The summed E-state index contributed by atoms with van der Waals surface area (Å²) in [4.78, 5) is 11.4. The second-order valence-corrected chi connectivity index (χ2v) is 4.41. The average molecular weight is 244 g/mol. The molecule has 1 aromatic heterocycles. The van der Waals surface area contributed by atoms with E-state index < -0.39 is 5.60 Å². The third kappa shape index (κ3) is 2.70. The van der Waals surface area contributed by atoms with E-state index in [0.29, 0.717) is 12.5 Å². The Morgan fingerprint density at radius 3 is 2.62 bits per heavy atom. The molecule has 0 bridgehead atoms. The summed E-state index contributed by atoms with van der Waals surface area (Å²) in [5, 5.41) is 13.1. The van der Waals surface area contributed by atoms with Crippen molar-refractivity contribution < 1.29 is 5.11 Å². The van der Waals surface area contributed by atoms with Crippen molar-refractivity contribution in [3.63, 3.8) is 0 Å². The predicted molar refractivity (Wildman–Crippen MR) is 61.2 cm³/mol. The van der Waals surface area contributed by atoms with Crippen molar-refractivity contribution in [3.05, 3.63) is 5.28 Å². The van der Waals surface area contributed by atoms with Gasteiger partial charge in [-0.2, -0.15) is 15.0 Å². The number of nitrogens with two attached hydrogens (primary N) is 1. The minimum atomic E-state index is -0.659. The Labute approximate surface area is 98.3 Å². The average Bonchev–Trinajstić information content (AvgIpc) is 2.62. The standard InChI is InChI=1S/C9H14ClN5O/c10-6-13-7(11)15-8(14-6)12-5-9(16)3-1-2-4-9/h16H,1-5H2,(H3,11,12,13,14,15). The molecule has 2 rings (SSSR count). The molecule has 1 aliphatic rings. The van der Waals surface area contributed by atoms with Crippen LogP contribution in [0.3, 0.4) is 0 Å². The number of aliphatic hydroxyl groups is 1. The lowest BCUT2D eigenvalue weighted by molar-refractivity contribution is 0.0613. The maximum absolute atomic E-state index is 10.1. The molecule has 0 spiro atoms. The smallest absolute Gasteiger partial charge is 0.228 e. The van der Waals surface area contributed by atoms with Crippen LogP contribution in [0.2, 0.25) is 5.28 Å². The highest BCUT2D eigenvalue weighted by atomic mass is 35.5. The molecule has 1 heterocycles. The van der Waals surface area contributed by atoms with Crippen molar-refractivity contribution in [3.8, 4) is 0 Å². The van der Waals surface area contributed by atoms with Crippen LogP contribution in [0.25, 0.3) is 0 Å². The van der Waals surface area contributed by atoms with E-state index in [1.54, 1.807) is 0 Å². The molecule has 0 aliphatic heterocycles. The van der Waals surface area contributed by atoms with Gasteiger partial charge in [0.2, 0.25) is 17.2 Å². The zero-order valence-electron chi connectivity index (χ0n) is 8.78. The molecule has 0 atom stereocenters. The molecular formula is C9H14ClN5O. The summed E-state index contributed by atoms with van der Waals surface area (Å²) in [6, 6.07) is 0. The van der Waals surface area contributed by atoms with Gasteiger partial charge < -0.3 is 16.2 Å². The lowest BCUT2D eigenvalue weighted by Gasteiger charge is -2.22. The number of nitrogens with zero attached hydrogens (tertiary/aromatic N) is 3. The van der Waals surface area contributed by atoms with Crippen LogP contribution < -0.4 is 11.1 Å². The van der Waals surface area contributed by atoms with E-state index in [-0.39, 0.29) is 11.2 Å². The van der Waals surface area contributed by atoms with Crippen LogP contribution >= 0.6 is 11.6 Å². The second-order valence-electron chi connectivity index (χ2n) is 4.07. The van der Waals surface area contributed by atoms with Crippen LogP contribution in [0.5, 0.6) is 0 Å². The van der Waals surface area contributed by atoms with E-state index >= 15 is 0 Å². The summed E-state index contributed by atoms with van der Waals surface area (Å²) in [7, 11) is 0. The van der Waals surface area contributed by atoms with Gasteiger partial charge in [0.25, 0.3) is 0 Å². The van der Waals surface area contributed by atoms with Crippen LogP contribution in [-0.2, 0) is 0 Å². The van der Waals surface area contributed by atoms with Gasteiger partial charge in [0.1, 0.15) is 0 Å². The van der Waals surface area contributed by atoms with Crippen molar-refractivity contribution in [1.29, 1.82) is 0 Å². The van der Waals surface area contributed by atoms with E-state index in [1.807, 2.05) is 0 Å². The van der Waals surface area contributed by atoms with Gasteiger partial charge in [0.15, 0.2) is 0 Å². The summed E-state index contributed by atoms with van der Waals surface area (Å²) in [6.07, 6.45) is 3.71. The van der Waals surface area contributed by atoms with Crippen molar-refractivity contribution in [2.24, 2.45) is 0 Å². The molecule has 0 saturated heterocycles. The van der Waals surface area contributed by atoms with Crippen molar-refractivity contribution >= 4 is 23.5 Å². The van der Waals surface area contributed by atoms with E-state index in [4.69, 9.17) is 17.3 Å². The Morgan fingerprint density at radius 2 is 2.00 bits per heavy atom. The Hall–Kier alpha value is -1.14. The third-order valence-corrected chi connectivity index (χ3v) is 2.90. The summed E-state index contributed by atoms with van der Waals surface area (Å²) in [5.74, 6) is 0.374. The van der Waals surface area contributed by atoms with E-state index in [1.165, 1.54) is 0 Å². The van der Waals surface area contributed by atoms with Gasteiger partial charge in [-0.15, -0.1) is 0 Å². The number of hydrogen-bond acceptors (Lipinski definition) is 6. The summed E-state index contributed by atoms with van der Waals surface area (Å²) >= 11 is 5.64. The second kappa shape index (κ2) is 4.39. The number of hydrogen-bond donors (Lipinski definition) is 3. The zero-order chi connectivity index (χ0) is 11.6. The molecule has 1 aliphatic carbocycles. The molecule has 1 fully saturated rings. The quantitative estimate of drug-likeness (QED) is 0.727. The van der Waals surface area contributed by atoms with Gasteiger partial charge in [0, 0.05) is 6.54 Å². The highest BCUT2D eigenvalue weighted by Gasteiger charge is 2.30. The molecule has 0 aromatic carbocycles. The lowest BCUT2D eigenvalue weighted by atomic mass is 10.0. The van der Waals surface area contributed by atoms with Gasteiger partial charge in [0.05, 0.1) is 5.60 Å². The van der Waals surface area contributed by atoms with Crippen LogP contribution in [-0.4, -0.2) is 32.2 Å². The first kappa shape index (κ1) is 11.3. The maximum atomic E-state index is 10.1. The minimum absolute atomic E-state index is 0.0495. The SMILES string of the molecule is Nc1nc(Cl)nc(NCC2(O)CCCC2)n1. The minimum Gasteiger partial charge on any atom is -0.388 e. The molecule has 6 nitrogen and oxygen atoms in total. The first-order chi connectivity index (χ1) is 7.57. The highest BCUT2D eigenvalue weighted by Crippen LogP contribution is 2.29. The van der Waals surface area contributed by atoms with Gasteiger partial charge >= 0.3 is 0 Å². The highest BCUT2D eigenvalue weighted by molar-refractivity contribution is 6.28. The number of anilines is 2. The number of aromatic nitrogens is 3. The fourth-order valence-corrected chi connectivity index (χ4v) is 2.06. The molecule has 88 valence electrons. The molecule has 0 radical (unpaired) electrons. The summed E-state index contributed by atoms with van der Waals surface area (Å²) in [6.45, 7) is 0.410. The Kier molecular flexibility index (Phi) is 3.11. The normalized spacial score (nSPS) is 18.6. The Morgan fingerprint density at radius 1 is 1.31 bits per heavy atom. The van der Waals surface area contributed by atoms with Gasteiger partial charge in [-0.05, 0) is 24.4 Å². The Bertz CT molecular complexity index is 360. The maximum Gasteiger partial charge on any atom is 0.228 e. The third-order valence-electron chi connectivity index (χ3n) is 2.74. The fourth-order valence-electron chi connectivity index (χ4n) is 1.90. The number of halogens is 1. The number of rotatable bonds is 3. The topological polar surface area (TPSA) is 97.0 Å². The summed E-state index contributed by atoms with van der Waals surface area (Å²) < 4.78 is 0. The largest absolute Gasteiger partial charge is 0.388 e. The van der Waals surface area contributed by atoms with Gasteiger partial charge in [-0.1, -0.05) is 12.8 Å². The van der Waals surface area contributed by atoms with Gasteiger partial charge in [-0.3, -0.25) is 0 Å². The molecule has 1 aromatic rings. The molecule has 7 heteroatoms. The summed E-state index contributed by atoms with van der Waals surface area (Å²) in [5.41, 5.74) is 4.77. The van der Waals surface area contributed by atoms with Crippen LogP contribution in [0.1, 0.15) is 25.7 Å². The fraction of sp³-hybridized carbons (Fsp3) is 0.667. The molecule has 0 unspecified atom stereocenters. The predicted octanol–water partition coefficient (Wildman–Crippen LogP) is 0.824. The number of nitrogen functional groups attached to an aromatic ring is 1. The molecule has 1 saturated carbocycles.